The average molecular weight is 346 g/mol. The number of hydrogen-bond donors (Lipinski definition) is 0. The van der Waals surface area contributed by atoms with Crippen molar-refractivity contribution in [1.82, 2.24) is 4.90 Å². The number of hydrogen-bond acceptors (Lipinski definition) is 4. The predicted octanol–water partition coefficient (Wildman–Crippen LogP) is 1.60. The van der Waals surface area contributed by atoms with Gasteiger partial charge in [0.15, 0.2) is 6.04 Å². The van der Waals surface area contributed by atoms with Crippen molar-refractivity contribution in [3.63, 3.8) is 0 Å². The summed E-state index contributed by atoms with van der Waals surface area (Å²) in [4.78, 5) is 25.3. The average Bonchev–Trinajstić information content (AvgIpc) is 2.48. The van der Waals surface area contributed by atoms with Crippen LogP contribution in [-0.2, 0) is 14.3 Å². The molecule has 2 rings (SSSR count). The van der Waals surface area contributed by atoms with Gasteiger partial charge in [-0.25, -0.2) is 9.18 Å². The lowest BCUT2D eigenvalue weighted by Gasteiger charge is -2.33. The molecule has 20 heavy (non-hydrogen) atoms. The van der Waals surface area contributed by atoms with E-state index < -0.39 is 23.7 Å². The first-order valence-corrected chi connectivity index (χ1v) is 6.75. The molecular formula is C13H13BrFNO4. The van der Waals surface area contributed by atoms with Gasteiger partial charge in [0, 0.05) is 11.0 Å². The van der Waals surface area contributed by atoms with E-state index in [2.05, 4.69) is 20.7 Å². The van der Waals surface area contributed by atoms with Crippen molar-refractivity contribution < 1.29 is 23.5 Å². The highest BCUT2D eigenvalue weighted by molar-refractivity contribution is 9.10. The molecule has 1 aromatic rings. The third kappa shape index (κ3) is 2.99. The summed E-state index contributed by atoms with van der Waals surface area (Å²) in [5.41, 5.74) is -0.0878. The molecule has 7 heteroatoms. The number of rotatable bonds is 2. The van der Waals surface area contributed by atoms with Gasteiger partial charge in [-0.05, 0) is 18.2 Å². The van der Waals surface area contributed by atoms with Gasteiger partial charge in [-0.1, -0.05) is 15.9 Å². The number of methoxy groups -OCH3 is 1. The van der Waals surface area contributed by atoms with Crippen LogP contribution in [0.3, 0.4) is 0 Å². The van der Waals surface area contributed by atoms with Crippen LogP contribution in [0.4, 0.5) is 4.39 Å². The Morgan fingerprint density at radius 1 is 1.50 bits per heavy atom. The number of benzene rings is 1. The van der Waals surface area contributed by atoms with Crippen LogP contribution in [0.15, 0.2) is 22.7 Å². The van der Waals surface area contributed by atoms with Crippen molar-refractivity contribution in [2.75, 3.05) is 26.9 Å². The van der Waals surface area contributed by atoms with Gasteiger partial charge in [-0.2, -0.15) is 0 Å². The molecule has 1 atom stereocenters. The Morgan fingerprint density at radius 2 is 2.25 bits per heavy atom. The van der Waals surface area contributed by atoms with Gasteiger partial charge in [-0.15, -0.1) is 0 Å². The van der Waals surface area contributed by atoms with Gasteiger partial charge in [0.2, 0.25) is 0 Å². The molecule has 0 spiro atoms. The lowest BCUT2D eigenvalue weighted by Crippen LogP contribution is -2.53. The standard InChI is InChI=1S/C13H13BrFNO4/c1-19-13(18)11-7-20-5-4-16(11)12(17)9-6-8(14)2-3-10(9)15/h2-3,6,11H,4-5,7H2,1H3. The normalized spacial score (nSPS) is 18.8. The zero-order valence-electron chi connectivity index (χ0n) is 10.8. The Morgan fingerprint density at radius 3 is 2.95 bits per heavy atom. The second kappa shape index (κ2) is 6.32. The number of ether oxygens (including phenoxy) is 2. The van der Waals surface area contributed by atoms with Crippen molar-refractivity contribution in [2.24, 2.45) is 0 Å². The Balaban J connectivity index is 2.30. The Hall–Kier alpha value is -1.47. The Labute approximate surface area is 123 Å². The molecule has 1 aromatic carbocycles. The lowest BCUT2D eigenvalue weighted by atomic mass is 10.1. The van der Waals surface area contributed by atoms with Gasteiger partial charge < -0.3 is 14.4 Å². The zero-order chi connectivity index (χ0) is 14.7. The smallest absolute Gasteiger partial charge is 0.331 e. The molecule has 0 radical (unpaired) electrons. The van der Waals surface area contributed by atoms with Crippen LogP contribution in [-0.4, -0.2) is 49.7 Å². The maximum atomic E-state index is 13.8. The highest BCUT2D eigenvalue weighted by Crippen LogP contribution is 2.20. The predicted molar refractivity (Wildman–Crippen MR) is 71.8 cm³/mol. The van der Waals surface area contributed by atoms with Crippen LogP contribution in [0.1, 0.15) is 10.4 Å². The third-order valence-corrected chi connectivity index (χ3v) is 3.51. The summed E-state index contributed by atoms with van der Waals surface area (Å²) in [5.74, 6) is -1.76. The number of morpholine rings is 1. The molecule has 1 saturated heterocycles. The Bertz CT molecular complexity index is 537. The summed E-state index contributed by atoms with van der Waals surface area (Å²) in [6.45, 7) is 0.563. The lowest BCUT2D eigenvalue weighted by molar-refractivity contribution is -0.151. The fourth-order valence-electron chi connectivity index (χ4n) is 1.99. The highest BCUT2D eigenvalue weighted by Gasteiger charge is 2.35. The number of carbonyl (C=O) groups excluding carboxylic acids is 2. The first-order valence-electron chi connectivity index (χ1n) is 5.96. The summed E-state index contributed by atoms with van der Waals surface area (Å²) in [6, 6.07) is 3.25. The van der Waals surface area contributed by atoms with Crippen LogP contribution in [0.25, 0.3) is 0 Å². The van der Waals surface area contributed by atoms with E-state index in [1.54, 1.807) is 0 Å². The molecule has 0 bridgehead atoms. The fourth-order valence-corrected chi connectivity index (χ4v) is 2.36. The van der Waals surface area contributed by atoms with E-state index in [0.717, 1.165) is 0 Å². The second-order valence-corrected chi connectivity index (χ2v) is 5.15. The van der Waals surface area contributed by atoms with Gasteiger partial charge in [0.25, 0.3) is 5.91 Å². The van der Waals surface area contributed by atoms with Gasteiger partial charge >= 0.3 is 5.97 Å². The molecular weight excluding hydrogens is 333 g/mol. The SMILES string of the molecule is COC(=O)C1COCCN1C(=O)c1cc(Br)ccc1F. The molecule has 0 aliphatic carbocycles. The molecule has 0 N–H and O–H groups in total. The highest BCUT2D eigenvalue weighted by atomic mass is 79.9. The number of halogens is 2. The summed E-state index contributed by atoms with van der Waals surface area (Å²) < 4.78 is 24.2. The summed E-state index contributed by atoms with van der Waals surface area (Å²) >= 11 is 3.19. The molecule has 1 aliphatic heterocycles. The van der Waals surface area contributed by atoms with E-state index in [4.69, 9.17) is 4.74 Å². The van der Waals surface area contributed by atoms with Crippen LogP contribution >= 0.6 is 15.9 Å². The summed E-state index contributed by atoms with van der Waals surface area (Å²) in [6.07, 6.45) is 0. The third-order valence-electron chi connectivity index (χ3n) is 3.02. The molecule has 108 valence electrons. The molecule has 1 fully saturated rings. The molecule has 1 aliphatic rings. The largest absolute Gasteiger partial charge is 0.467 e. The van der Waals surface area contributed by atoms with E-state index in [9.17, 15) is 14.0 Å². The molecule has 0 saturated carbocycles. The number of amides is 1. The quantitative estimate of drug-likeness (QED) is 0.764. The molecule has 1 unspecified atom stereocenters. The molecule has 1 amide bonds. The minimum Gasteiger partial charge on any atom is -0.467 e. The minimum absolute atomic E-state index is 0.0496. The summed E-state index contributed by atoms with van der Waals surface area (Å²) in [5, 5.41) is 0. The second-order valence-electron chi connectivity index (χ2n) is 4.24. The molecule has 1 heterocycles. The van der Waals surface area contributed by atoms with Gasteiger partial charge in [0.05, 0.1) is 25.9 Å². The topological polar surface area (TPSA) is 55.8 Å². The first kappa shape index (κ1) is 14.9. The fraction of sp³-hybridized carbons (Fsp3) is 0.385. The monoisotopic (exact) mass is 345 g/mol. The van der Waals surface area contributed by atoms with Crippen LogP contribution < -0.4 is 0 Å². The van der Waals surface area contributed by atoms with Crippen molar-refractivity contribution in [3.8, 4) is 0 Å². The van der Waals surface area contributed by atoms with Crippen molar-refractivity contribution in [3.05, 3.63) is 34.1 Å². The maximum absolute atomic E-state index is 13.8. The minimum atomic E-state index is -0.848. The van der Waals surface area contributed by atoms with Crippen LogP contribution in [0, 0.1) is 5.82 Å². The number of carbonyl (C=O) groups is 2. The van der Waals surface area contributed by atoms with E-state index >= 15 is 0 Å². The van der Waals surface area contributed by atoms with E-state index in [-0.39, 0.29) is 18.7 Å². The van der Waals surface area contributed by atoms with Gasteiger partial charge in [0.1, 0.15) is 5.82 Å². The van der Waals surface area contributed by atoms with Gasteiger partial charge in [-0.3, -0.25) is 4.79 Å². The molecule has 0 aromatic heterocycles. The maximum Gasteiger partial charge on any atom is 0.331 e. The van der Waals surface area contributed by atoms with Crippen molar-refractivity contribution >= 4 is 27.8 Å². The number of esters is 1. The first-order chi connectivity index (χ1) is 9.54. The number of nitrogens with zero attached hydrogens (tertiary/aromatic N) is 1. The molecule has 5 nitrogen and oxygen atoms in total. The van der Waals surface area contributed by atoms with E-state index in [1.807, 2.05) is 0 Å². The van der Waals surface area contributed by atoms with Crippen molar-refractivity contribution in [2.45, 2.75) is 6.04 Å². The van der Waals surface area contributed by atoms with Crippen LogP contribution in [0.2, 0.25) is 0 Å². The van der Waals surface area contributed by atoms with E-state index in [0.29, 0.717) is 11.1 Å². The summed E-state index contributed by atoms with van der Waals surface area (Å²) in [7, 11) is 1.24. The Kier molecular flexibility index (Phi) is 4.72. The zero-order valence-corrected chi connectivity index (χ0v) is 12.4. The van der Waals surface area contributed by atoms with E-state index in [1.165, 1.54) is 30.2 Å². The van der Waals surface area contributed by atoms with Crippen molar-refractivity contribution in [1.29, 1.82) is 0 Å². The van der Waals surface area contributed by atoms with Crippen LogP contribution in [0.5, 0.6) is 0 Å².